The fourth-order valence-electron chi connectivity index (χ4n) is 13.5. The maximum atomic E-state index is 2.52. The average molecular weight is 967 g/mol. The Kier molecular flexibility index (Phi) is 10.0. The number of anilines is 3. The van der Waals surface area contributed by atoms with E-state index >= 15 is 0 Å². The maximum absolute atomic E-state index is 2.52. The van der Waals surface area contributed by atoms with E-state index in [2.05, 4.69) is 313 Å². The Balaban J connectivity index is 0.955. The molecule has 1 aromatic heterocycles. The van der Waals surface area contributed by atoms with Crippen molar-refractivity contribution in [2.24, 2.45) is 0 Å². The highest BCUT2D eigenvalue weighted by Crippen LogP contribution is 2.61. The van der Waals surface area contributed by atoms with E-state index in [1.54, 1.807) is 0 Å². The third-order valence-electron chi connectivity index (χ3n) is 16.5. The number of nitrogens with zero attached hydrogens (tertiary/aromatic N) is 2. The Morgan fingerprint density at radius 2 is 0.724 bits per heavy atom. The van der Waals surface area contributed by atoms with Gasteiger partial charge in [-0.3, -0.25) is 0 Å². The minimum atomic E-state index is -0.552. The number of aromatic nitrogens is 1. The van der Waals surface area contributed by atoms with Crippen LogP contribution in [0.1, 0.15) is 44.5 Å². The quantitative estimate of drug-likeness (QED) is 0.140. The van der Waals surface area contributed by atoms with E-state index in [0.29, 0.717) is 0 Å². The van der Waals surface area contributed by atoms with Crippen molar-refractivity contribution in [2.75, 3.05) is 4.90 Å². The number of para-hydroxylation sites is 2. The standard InChI is InChI=1S/C74H50N2/c1-5-24-53(25-6-1)73(54-26-7-2-8-27-54)65-37-17-13-33-60(65)64-50-59(47-48-67(64)73)75(57-45-43-51(44-46-57)52-23-21-32-58(49-52)76-69-40-19-15-34-61(69)62-35-16-20-41-70(62)76)71-42-22-39-68-72(71)63-36-14-18-38-66(63)74(68,55-28-9-3-10-29-55)56-30-11-4-12-31-56/h1-50H. The second-order valence-corrected chi connectivity index (χ2v) is 20.3. The van der Waals surface area contributed by atoms with Gasteiger partial charge in [0.25, 0.3) is 0 Å². The topological polar surface area (TPSA) is 8.17 Å². The summed E-state index contributed by atoms with van der Waals surface area (Å²) in [6, 6.07) is 113. The highest BCUT2D eigenvalue weighted by atomic mass is 15.1. The van der Waals surface area contributed by atoms with Crippen molar-refractivity contribution in [1.29, 1.82) is 0 Å². The van der Waals surface area contributed by atoms with Gasteiger partial charge in [-0.05, 0) is 127 Å². The van der Waals surface area contributed by atoms with Crippen LogP contribution in [0.5, 0.6) is 0 Å². The van der Waals surface area contributed by atoms with Gasteiger partial charge >= 0.3 is 0 Å². The Morgan fingerprint density at radius 1 is 0.276 bits per heavy atom. The summed E-state index contributed by atoms with van der Waals surface area (Å²) in [5.41, 5.74) is 23.2. The third-order valence-corrected chi connectivity index (χ3v) is 16.5. The summed E-state index contributed by atoms with van der Waals surface area (Å²) >= 11 is 0. The Labute approximate surface area is 443 Å². The molecule has 2 aliphatic carbocycles. The van der Waals surface area contributed by atoms with E-state index in [1.165, 1.54) is 88.6 Å². The van der Waals surface area contributed by atoms with Crippen molar-refractivity contribution in [1.82, 2.24) is 4.57 Å². The first-order chi connectivity index (χ1) is 37.7. The van der Waals surface area contributed by atoms with Gasteiger partial charge in [-0.15, -0.1) is 0 Å². The van der Waals surface area contributed by atoms with Crippen LogP contribution in [0, 0.1) is 0 Å². The second kappa shape index (κ2) is 17.4. The molecule has 13 aromatic rings. The molecule has 2 aliphatic rings. The van der Waals surface area contributed by atoms with E-state index in [0.717, 1.165) is 33.9 Å². The van der Waals surface area contributed by atoms with Crippen LogP contribution in [0.15, 0.2) is 303 Å². The van der Waals surface area contributed by atoms with Crippen LogP contribution in [0.3, 0.4) is 0 Å². The first kappa shape index (κ1) is 43.8. The molecule has 2 heteroatoms. The molecule has 0 amide bonds. The zero-order valence-corrected chi connectivity index (χ0v) is 41.8. The van der Waals surface area contributed by atoms with Crippen molar-refractivity contribution in [3.8, 4) is 39.1 Å². The van der Waals surface area contributed by atoms with E-state index < -0.39 is 10.8 Å². The molecule has 0 spiro atoms. The van der Waals surface area contributed by atoms with Crippen molar-refractivity contribution in [2.45, 2.75) is 10.8 Å². The molecule has 0 unspecified atom stereocenters. The molecule has 0 atom stereocenters. The van der Waals surface area contributed by atoms with Gasteiger partial charge in [0.2, 0.25) is 0 Å². The molecule has 0 saturated carbocycles. The van der Waals surface area contributed by atoms with Crippen LogP contribution in [-0.2, 0) is 10.8 Å². The first-order valence-corrected chi connectivity index (χ1v) is 26.4. The zero-order valence-electron chi connectivity index (χ0n) is 41.8. The van der Waals surface area contributed by atoms with Gasteiger partial charge in [-0.2, -0.15) is 0 Å². The smallest absolute Gasteiger partial charge is 0.0714 e. The maximum Gasteiger partial charge on any atom is 0.0714 e. The van der Waals surface area contributed by atoms with Gasteiger partial charge in [-0.25, -0.2) is 0 Å². The van der Waals surface area contributed by atoms with Gasteiger partial charge < -0.3 is 9.47 Å². The lowest BCUT2D eigenvalue weighted by molar-refractivity contribution is 0.768. The minimum absolute atomic E-state index is 0.509. The Morgan fingerprint density at radius 3 is 1.32 bits per heavy atom. The van der Waals surface area contributed by atoms with Crippen LogP contribution < -0.4 is 4.90 Å². The lowest BCUT2D eigenvalue weighted by Crippen LogP contribution is -2.28. The van der Waals surface area contributed by atoms with Crippen LogP contribution >= 0.6 is 0 Å². The number of fused-ring (bicyclic) bond motifs is 9. The normalized spacial score (nSPS) is 13.5. The fourth-order valence-corrected chi connectivity index (χ4v) is 13.5. The van der Waals surface area contributed by atoms with Crippen LogP contribution in [0.25, 0.3) is 60.9 Å². The van der Waals surface area contributed by atoms with E-state index in [9.17, 15) is 0 Å². The summed E-state index contributed by atoms with van der Waals surface area (Å²) < 4.78 is 2.40. The molecule has 0 bridgehead atoms. The van der Waals surface area contributed by atoms with Crippen molar-refractivity contribution in [3.05, 3.63) is 348 Å². The molecule has 76 heavy (non-hydrogen) atoms. The summed E-state index contributed by atoms with van der Waals surface area (Å²) in [4.78, 5) is 2.52. The lowest BCUT2D eigenvalue weighted by atomic mass is 9.67. The Bertz CT molecular complexity index is 4190. The zero-order chi connectivity index (χ0) is 50.2. The number of benzene rings is 12. The molecule has 0 N–H and O–H groups in total. The number of hydrogen-bond donors (Lipinski definition) is 0. The highest BCUT2D eigenvalue weighted by Gasteiger charge is 2.49. The number of hydrogen-bond acceptors (Lipinski definition) is 1. The number of rotatable bonds is 9. The third kappa shape index (κ3) is 6.34. The highest BCUT2D eigenvalue weighted by molar-refractivity contribution is 6.09. The molecule has 12 aromatic carbocycles. The molecule has 0 aliphatic heterocycles. The van der Waals surface area contributed by atoms with Gasteiger partial charge in [0.1, 0.15) is 0 Å². The monoisotopic (exact) mass is 966 g/mol. The lowest BCUT2D eigenvalue weighted by Gasteiger charge is -2.35. The molecular formula is C74H50N2. The van der Waals surface area contributed by atoms with Gasteiger partial charge in [-0.1, -0.05) is 249 Å². The molecule has 356 valence electrons. The van der Waals surface area contributed by atoms with Gasteiger partial charge in [0.05, 0.1) is 27.6 Å². The molecule has 15 rings (SSSR count). The van der Waals surface area contributed by atoms with Crippen LogP contribution in [0.4, 0.5) is 17.1 Å². The molecule has 0 saturated heterocycles. The predicted molar refractivity (Wildman–Crippen MR) is 316 cm³/mol. The first-order valence-electron chi connectivity index (χ1n) is 26.4. The van der Waals surface area contributed by atoms with Crippen molar-refractivity contribution in [3.63, 3.8) is 0 Å². The molecular weight excluding hydrogens is 917 g/mol. The van der Waals surface area contributed by atoms with E-state index in [-0.39, 0.29) is 0 Å². The molecule has 0 radical (unpaired) electrons. The van der Waals surface area contributed by atoms with Crippen LogP contribution in [-0.4, -0.2) is 4.57 Å². The second-order valence-electron chi connectivity index (χ2n) is 20.3. The molecule has 0 fully saturated rings. The van der Waals surface area contributed by atoms with E-state index in [4.69, 9.17) is 0 Å². The molecule has 2 nitrogen and oxygen atoms in total. The van der Waals surface area contributed by atoms with Crippen LogP contribution in [0.2, 0.25) is 0 Å². The summed E-state index contributed by atoms with van der Waals surface area (Å²) in [7, 11) is 0. The summed E-state index contributed by atoms with van der Waals surface area (Å²) in [6.45, 7) is 0. The van der Waals surface area contributed by atoms with E-state index in [1.807, 2.05) is 0 Å². The Hall–Kier alpha value is -9.76. The van der Waals surface area contributed by atoms with Crippen molar-refractivity contribution >= 4 is 38.9 Å². The SMILES string of the molecule is c1ccc(C2(c3ccccc3)c3ccccc3-c3cc(N(c4ccc(-c5cccc(-n6c7ccccc7c7ccccc76)c5)cc4)c4cccc5c4-c4ccccc4C5(c4ccccc4)c4ccccc4)ccc32)cc1. The summed E-state index contributed by atoms with van der Waals surface area (Å²) in [5.74, 6) is 0. The average Bonchev–Trinajstić information content (AvgIpc) is 4.32. The molecule has 1 heterocycles. The summed E-state index contributed by atoms with van der Waals surface area (Å²) in [5, 5.41) is 2.52. The van der Waals surface area contributed by atoms with Gasteiger partial charge in [0, 0.05) is 33.4 Å². The largest absolute Gasteiger partial charge is 0.310 e. The van der Waals surface area contributed by atoms with Gasteiger partial charge in [0.15, 0.2) is 0 Å². The summed E-state index contributed by atoms with van der Waals surface area (Å²) in [6.07, 6.45) is 0. The minimum Gasteiger partial charge on any atom is -0.310 e. The van der Waals surface area contributed by atoms with Crippen molar-refractivity contribution < 1.29 is 0 Å². The fraction of sp³-hybridized carbons (Fsp3) is 0.0270. The predicted octanol–water partition coefficient (Wildman–Crippen LogP) is 18.6.